The van der Waals surface area contributed by atoms with Gasteiger partial charge in [0.05, 0.1) is 26.3 Å². The molecule has 0 saturated heterocycles. The highest BCUT2D eigenvalue weighted by Crippen LogP contribution is 2.26. The molecule has 0 unspecified atom stereocenters. The SMILES string of the molecule is CC(C)(CCOc1ccc(Cn2oc(=O)[nH]c2=O)cc1)CCOc1ccc(Cn2oc(=O)[nH]c2=O)cc1. The molecule has 0 aliphatic rings. The summed E-state index contributed by atoms with van der Waals surface area (Å²) in [6, 6.07) is 14.5. The Balaban J connectivity index is 1.18. The van der Waals surface area contributed by atoms with Crippen LogP contribution >= 0.6 is 0 Å². The van der Waals surface area contributed by atoms with Crippen molar-refractivity contribution in [2.24, 2.45) is 5.41 Å². The highest BCUT2D eigenvalue weighted by Gasteiger charge is 2.18. The predicted octanol–water partition coefficient (Wildman–Crippen LogP) is 1.93. The van der Waals surface area contributed by atoms with Crippen LogP contribution in [0.15, 0.2) is 76.8 Å². The Morgan fingerprint density at radius 3 is 1.38 bits per heavy atom. The third kappa shape index (κ3) is 7.26. The largest absolute Gasteiger partial charge is 0.494 e. The van der Waals surface area contributed by atoms with Gasteiger partial charge in [0.25, 0.3) is 0 Å². The lowest BCUT2D eigenvalue weighted by Gasteiger charge is -2.24. The molecule has 0 atom stereocenters. The molecule has 0 amide bonds. The van der Waals surface area contributed by atoms with Crippen LogP contribution in [0.1, 0.15) is 37.8 Å². The number of benzene rings is 2. The van der Waals surface area contributed by atoms with E-state index in [-0.39, 0.29) is 18.5 Å². The Bertz CT molecular complexity index is 1420. The van der Waals surface area contributed by atoms with Gasteiger partial charge in [-0.3, -0.25) is 0 Å². The molecule has 0 aliphatic heterocycles. The monoisotopic (exact) mass is 512 g/mol. The zero-order valence-corrected chi connectivity index (χ0v) is 20.5. The number of nitrogens with one attached hydrogen (secondary N) is 2. The van der Waals surface area contributed by atoms with Crippen LogP contribution in [0.3, 0.4) is 0 Å². The topological polar surface area (TPSA) is 154 Å². The van der Waals surface area contributed by atoms with Crippen molar-refractivity contribution in [1.29, 1.82) is 0 Å². The minimum Gasteiger partial charge on any atom is -0.494 e. The van der Waals surface area contributed by atoms with Crippen molar-refractivity contribution < 1.29 is 18.5 Å². The van der Waals surface area contributed by atoms with Crippen LogP contribution < -0.4 is 32.4 Å². The Morgan fingerprint density at radius 2 is 1.05 bits per heavy atom. The zero-order valence-electron chi connectivity index (χ0n) is 20.5. The van der Waals surface area contributed by atoms with Crippen molar-refractivity contribution in [3.8, 4) is 11.5 Å². The molecule has 2 aromatic heterocycles. The third-order valence-corrected chi connectivity index (χ3v) is 5.85. The van der Waals surface area contributed by atoms with E-state index in [1.54, 1.807) is 0 Å². The van der Waals surface area contributed by atoms with E-state index in [4.69, 9.17) is 18.5 Å². The van der Waals surface area contributed by atoms with Crippen LogP contribution in [0.2, 0.25) is 0 Å². The molecule has 37 heavy (non-hydrogen) atoms. The molecular weight excluding hydrogens is 484 g/mol. The summed E-state index contributed by atoms with van der Waals surface area (Å²) in [6.07, 6.45) is 1.63. The van der Waals surface area contributed by atoms with Crippen molar-refractivity contribution in [3.05, 3.63) is 102 Å². The van der Waals surface area contributed by atoms with Crippen molar-refractivity contribution in [2.45, 2.75) is 39.8 Å². The first-order valence-corrected chi connectivity index (χ1v) is 11.7. The Hall–Kier alpha value is -4.48. The quantitative estimate of drug-likeness (QED) is 0.292. The first-order chi connectivity index (χ1) is 17.7. The van der Waals surface area contributed by atoms with Crippen molar-refractivity contribution >= 4 is 0 Å². The fourth-order valence-corrected chi connectivity index (χ4v) is 3.57. The Labute approximate surface area is 210 Å². The van der Waals surface area contributed by atoms with Gasteiger partial charge >= 0.3 is 22.9 Å². The lowest BCUT2D eigenvalue weighted by Crippen LogP contribution is -2.19. The van der Waals surface area contributed by atoms with Gasteiger partial charge in [0.2, 0.25) is 0 Å². The maximum absolute atomic E-state index is 11.5. The van der Waals surface area contributed by atoms with E-state index in [2.05, 4.69) is 13.8 Å². The number of hydrogen-bond acceptors (Lipinski definition) is 8. The van der Waals surface area contributed by atoms with Crippen molar-refractivity contribution in [3.63, 3.8) is 0 Å². The number of hydrogen-bond donors (Lipinski definition) is 2. The molecule has 0 saturated carbocycles. The molecule has 4 rings (SSSR count). The van der Waals surface area contributed by atoms with Crippen LogP contribution in [0.4, 0.5) is 0 Å². The average molecular weight is 513 g/mol. The summed E-state index contributed by atoms with van der Waals surface area (Å²) in [5.41, 5.74) is 0.408. The number of nitrogens with zero attached hydrogens (tertiary/aromatic N) is 2. The van der Waals surface area contributed by atoms with E-state index in [0.29, 0.717) is 24.7 Å². The summed E-state index contributed by atoms with van der Waals surface area (Å²) in [6.45, 7) is 5.66. The zero-order chi connectivity index (χ0) is 26.4. The number of ether oxygens (including phenoxy) is 2. The van der Waals surface area contributed by atoms with E-state index >= 15 is 0 Å². The van der Waals surface area contributed by atoms with Gasteiger partial charge in [-0.25, -0.2) is 29.1 Å². The molecule has 0 radical (unpaired) electrons. The molecular formula is C25H28N4O8. The Kier molecular flexibility index (Phi) is 7.66. The van der Waals surface area contributed by atoms with Crippen LogP contribution in [0.5, 0.6) is 11.5 Å². The van der Waals surface area contributed by atoms with Gasteiger partial charge in [0.1, 0.15) is 11.5 Å². The van der Waals surface area contributed by atoms with Crippen LogP contribution in [-0.2, 0) is 13.1 Å². The van der Waals surface area contributed by atoms with E-state index < -0.39 is 22.9 Å². The molecule has 2 N–H and O–H groups in total. The van der Waals surface area contributed by atoms with Gasteiger partial charge in [0.15, 0.2) is 0 Å². The van der Waals surface area contributed by atoms with E-state index in [9.17, 15) is 19.2 Å². The molecule has 2 heterocycles. The average Bonchev–Trinajstić information content (AvgIpc) is 3.34. The molecule has 4 aromatic rings. The maximum atomic E-state index is 11.5. The minimum absolute atomic E-state index is 0.0140. The van der Waals surface area contributed by atoms with Gasteiger partial charge < -0.3 is 18.5 Å². The van der Waals surface area contributed by atoms with Gasteiger partial charge in [-0.15, -0.1) is 9.48 Å². The van der Waals surface area contributed by atoms with Crippen LogP contribution in [0, 0.1) is 5.41 Å². The lowest BCUT2D eigenvalue weighted by molar-refractivity contribution is 0.181. The number of aromatic amines is 2. The summed E-state index contributed by atoms with van der Waals surface area (Å²) in [5, 5.41) is 0. The lowest BCUT2D eigenvalue weighted by atomic mass is 9.86. The summed E-state index contributed by atoms with van der Waals surface area (Å²) in [7, 11) is 0. The minimum atomic E-state index is -0.782. The van der Waals surface area contributed by atoms with Crippen molar-refractivity contribution in [1.82, 2.24) is 19.4 Å². The summed E-state index contributed by atoms with van der Waals surface area (Å²) < 4.78 is 23.2. The second-order valence-corrected chi connectivity index (χ2v) is 9.34. The summed E-state index contributed by atoms with van der Waals surface area (Å²) in [5.74, 6) is -0.147. The van der Waals surface area contributed by atoms with E-state index in [1.807, 2.05) is 58.5 Å². The first-order valence-electron chi connectivity index (χ1n) is 11.7. The Morgan fingerprint density at radius 1 is 0.676 bits per heavy atom. The van der Waals surface area contributed by atoms with E-state index in [0.717, 1.165) is 33.4 Å². The van der Waals surface area contributed by atoms with Crippen LogP contribution in [0.25, 0.3) is 0 Å². The van der Waals surface area contributed by atoms with Crippen molar-refractivity contribution in [2.75, 3.05) is 13.2 Å². The second kappa shape index (κ2) is 11.1. The molecule has 0 aliphatic carbocycles. The van der Waals surface area contributed by atoms with Crippen LogP contribution in [-0.4, -0.2) is 32.7 Å². The molecule has 0 spiro atoms. The molecule has 12 nitrogen and oxygen atoms in total. The standard InChI is InChI=1S/C25H28N4O8/c1-25(2,11-13-34-19-7-3-17(4-8-19)15-28-21(30)26-23(32)36-28)12-14-35-20-9-5-18(6-10-20)16-29-22(31)27-24(33)37-29/h3-10H,11-16H2,1-2H3,(H,26,30,32)(H,27,31,33). The smallest absolute Gasteiger partial charge is 0.440 e. The highest BCUT2D eigenvalue weighted by atomic mass is 16.5. The molecule has 0 fully saturated rings. The predicted molar refractivity (Wildman–Crippen MR) is 132 cm³/mol. The fourth-order valence-electron chi connectivity index (χ4n) is 3.57. The fraction of sp³-hybridized carbons (Fsp3) is 0.360. The number of aromatic nitrogens is 4. The van der Waals surface area contributed by atoms with Gasteiger partial charge in [-0.05, 0) is 53.6 Å². The summed E-state index contributed by atoms with van der Waals surface area (Å²) in [4.78, 5) is 49.3. The van der Waals surface area contributed by atoms with Gasteiger partial charge in [-0.2, -0.15) is 0 Å². The number of H-pyrrole nitrogens is 2. The third-order valence-electron chi connectivity index (χ3n) is 5.85. The maximum Gasteiger partial charge on any atom is 0.440 e. The number of rotatable bonds is 12. The molecule has 196 valence electrons. The molecule has 0 bridgehead atoms. The second-order valence-electron chi connectivity index (χ2n) is 9.34. The summed E-state index contributed by atoms with van der Waals surface area (Å²) >= 11 is 0. The first kappa shape index (κ1) is 25.6. The normalized spacial score (nSPS) is 11.5. The molecule has 12 heteroatoms. The van der Waals surface area contributed by atoms with Gasteiger partial charge in [-0.1, -0.05) is 38.1 Å². The molecule has 2 aromatic carbocycles. The van der Waals surface area contributed by atoms with E-state index in [1.165, 1.54) is 0 Å². The van der Waals surface area contributed by atoms with Gasteiger partial charge in [0, 0.05) is 0 Å². The highest BCUT2D eigenvalue weighted by molar-refractivity contribution is 5.28.